The summed E-state index contributed by atoms with van der Waals surface area (Å²) in [6, 6.07) is 15.9. The van der Waals surface area contributed by atoms with Gasteiger partial charge in [-0.1, -0.05) is 17.7 Å². The molecule has 0 aliphatic carbocycles. The molecule has 33 nitrogen and oxygen atoms in total. The second kappa shape index (κ2) is 29.9. The maximum Gasteiger partial charge on any atom is 0.296 e. The monoisotopic (exact) mass is 1450 g/mol. The van der Waals surface area contributed by atoms with Gasteiger partial charge in [0.15, 0.2) is 11.3 Å². The van der Waals surface area contributed by atoms with Gasteiger partial charge in [0.05, 0.1) is 57.0 Å². The Morgan fingerprint density at radius 1 is 0.596 bits per heavy atom. The molecule has 7 rings (SSSR count). The number of halogens is 1. The van der Waals surface area contributed by atoms with E-state index >= 15 is 0 Å². The minimum absolute atomic E-state index is 0.000594. The number of hydrogen-bond acceptors (Lipinski definition) is 27. The molecule has 0 saturated heterocycles. The van der Waals surface area contributed by atoms with Crippen LogP contribution in [-0.2, 0) is 60.2 Å². The molecule has 0 saturated carbocycles. The van der Waals surface area contributed by atoms with Crippen LogP contribution in [0.1, 0.15) is 60.9 Å². The Kier molecular flexibility index (Phi) is 23.2. The molecule has 2 aromatic heterocycles. The molecule has 2 heterocycles. The molecular weight excluding hydrogens is 1400 g/mol. The van der Waals surface area contributed by atoms with Gasteiger partial charge in [-0.2, -0.15) is 57.7 Å². The van der Waals surface area contributed by atoms with Gasteiger partial charge in [0.2, 0.25) is 17.7 Å². The molecule has 0 aliphatic heterocycles. The van der Waals surface area contributed by atoms with Gasteiger partial charge >= 0.3 is 0 Å². The average Bonchev–Trinajstić information content (AvgIpc) is 1.56. The number of fused-ring (bicyclic) bond motifs is 3. The summed E-state index contributed by atoms with van der Waals surface area (Å²) < 4.78 is 174. The number of nitrogens with zero attached hydrogens (tertiary/aromatic N) is 12. The van der Waals surface area contributed by atoms with Crippen molar-refractivity contribution < 1.29 is 84.3 Å². The first-order chi connectivity index (χ1) is 43.9. The highest BCUT2D eigenvalue weighted by Crippen LogP contribution is 2.46. The number of azo groups is 4. The second-order valence-electron chi connectivity index (χ2n) is 19.9. The van der Waals surface area contributed by atoms with Crippen LogP contribution in [0.15, 0.2) is 121 Å². The third kappa shape index (κ3) is 19.1. The van der Waals surface area contributed by atoms with E-state index < -0.39 is 100 Å². The number of imidazole rings is 1. The SMILES string of the molecule is CC(=O)Nc1cc(N=Nc2cc(SCCCS(=O)(=O)O)c(N=Nc3cc(OCCCS(=O)(=O)O)c(N=Nc4c(C)c(C#N)c5nc6c(S(=O)(=O)O)ccc(C)c6n5c4O)cc3C)cc2NC(C)=O)c(SCCCS(=O)(=O)O)cc1N=Nc1cc(S(=O)(=O)O)c(Cl)cc1C#N. The van der Waals surface area contributed by atoms with E-state index in [1.54, 1.807) is 19.9 Å². The lowest BCUT2D eigenvalue weighted by atomic mass is 10.1. The Morgan fingerprint density at radius 3 is 1.57 bits per heavy atom. The van der Waals surface area contributed by atoms with Crippen LogP contribution < -0.4 is 15.4 Å². The first-order valence-corrected chi connectivity index (χ1v) is 36.6. The lowest BCUT2D eigenvalue weighted by molar-refractivity contribution is -0.115. The van der Waals surface area contributed by atoms with E-state index in [4.69, 9.17) is 16.3 Å². The Morgan fingerprint density at radius 2 is 1.09 bits per heavy atom. The fourth-order valence-corrected chi connectivity index (χ4v) is 13.9. The molecule has 0 spiro atoms. The van der Waals surface area contributed by atoms with Crippen molar-refractivity contribution in [1.82, 2.24) is 9.38 Å². The number of benzene rings is 5. The first kappa shape index (κ1) is 72.9. The van der Waals surface area contributed by atoms with Crippen LogP contribution in [0, 0.1) is 43.4 Å². The number of aryl methyl sites for hydroxylation is 2. The molecule has 0 atom stereocenters. The van der Waals surface area contributed by atoms with Crippen molar-refractivity contribution in [3.63, 3.8) is 0 Å². The predicted octanol–water partition coefficient (Wildman–Crippen LogP) is 12.0. The summed E-state index contributed by atoms with van der Waals surface area (Å²) in [5, 5.41) is 71.1. The summed E-state index contributed by atoms with van der Waals surface area (Å²) in [6.45, 7) is 6.47. The molecule has 41 heteroatoms. The van der Waals surface area contributed by atoms with Crippen molar-refractivity contribution in [2.75, 3.05) is 46.0 Å². The van der Waals surface area contributed by atoms with Gasteiger partial charge in [-0.05, 0) is 111 Å². The van der Waals surface area contributed by atoms with E-state index in [9.17, 15) is 90.1 Å². The summed E-state index contributed by atoms with van der Waals surface area (Å²) in [4.78, 5) is 28.7. The number of nitriles is 2. The summed E-state index contributed by atoms with van der Waals surface area (Å²) >= 11 is 7.96. The van der Waals surface area contributed by atoms with Crippen LogP contribution >= 0.6 is 35.1 Å². The zero-order valence-electron chi connectivity index (χ0n) is 49.2. The van der Waals surface area contributed by atoms with Gasteiger partial charge in [0, 0.05) is 35.3 Å². The van der Waals surface area contributed by atoms with Crippen molar-refractivity contribution >= 4 is 171 Å². The quantitative estimate of drug-likeness (QED) is 0.0103. The molecule has 496 valence electrons. The van der Waals surface area contributed by atoms with E-state index in [0.717, 1.165) is 60.0 Å². The van der Waals surface area contributed by atoms with E-state index in [0.29, 0.717) is 11.1 Å². The van der Waals surface area contributed by atoms with Crippen LogP contribution in [0.4, 0.5) is 56.9 Å². The van der Waals surface area contributed by atoms with Crippen molar-refractivity contribution in [3.8, 4) is 23.8 Å². The van der Waals surface area contributed by atoms with Gasteiger partial charge in [-0.25, -0.2) is 4.98 Å². The van der Waals surface area contributed by atoms with Gasteiger partial charge in [-0.3, -0.25) is 36.8 Å². The van der Waals surface area contributed by atoms with Crippen LogP contribution in [0.25, 0.3) is 16.7 Å². The molecule has 8 N–H and O–H groups in total. The van der Waals surface area contributed by atoms with E-state index in [-0.39, 0.29) is 143 Å². The molecule has 0 unspecified atom stereocenters. The van der Waals surface area contributed by atoms with Gasteiger partial charge < -0.3 is 20.5 Å². The molecule has 5 aromatic carbocycles. The van der Waals surface area contributed by atoms with Crippen LogP contribution in [0.3, 0.4) is 0 Å². The van der Waals surface area contributed by atoms with Crippen LogP contribution in [0.2, 0.25) is 5.02 Å². The number of ether oxygens (including phenoxy) is 1. The molecule has 0 radical (unpaired) electrons. The molecule has 7 aromatic rings. The summed E-state index contributed by atoms with van der Waals surface area (Å²) in [5.41, 5.74) is -1.34. The maximum absolute atomic E-state index is 12.9. The second-order valence-corrected chi connectivity index (χ2v) is 30.1. The van der Waals surface area contributed by atoms with Gasteiger partial charge in [0.25, 0.3) is 50.6 Å². The van der Waals surface area contributed by atoms with Crippen LogP contribution in [-0.4, -0.2) is 127 Å². The Hall–Kier alpha value is -8.49. The lowest BCUT2D eigenvalue weighted by Crippen LogP contribution is -2.08. The lowest BCUT2D eigenvalue weighted by Gasteiger charge is -2.13. The zero-order valence-corrected chi connectivity index (χ0v) is 55.7. The average molecular weight is 1450 g/mol. The number of rotatable bonds is 27. The van der Waals surface area contributed by atoms with Crippen molar-refractivity contribution in [1.29, 1.82) is 10.5 Å². The molecule has 0 fully saturated rings. The summed E-state index contributed by atoms with van der Waals surface area (Å²) in [7, 11) is -23.1. The topological polar surface area (TPSA) is 523 Å². The highest BCUT2D eigenvalue weighted by atomic mass is 35.5. The molecule has 94 heavy (non-hydrogen) atoms. The van der Waals surface area contributed by atoms with Crippen molar-refractivity contribution in [2.24, 2.45) is 40.9 Å². The highest BCUT2D eigenvalue weighted by molar-refractivity contribution is 7.99. The molecule has 0 bridgehead atoms. The molecule has 0 aliphatic rings. The zero-order chi connectivity index (χ0) is 69.4. The number of nitrogens with one attached hydrogen (secondary N) is 2. The van der Waals surface area contributed by atoms with Crippen LogP contribution in [0.5, 0.6) is 11.6 Å². The van der Waals surface area contributed by atoms with Gasteiger partial charge in [0.1, 0.15) is 72.9 Å². The number of pyridine rings is 1. The van der Waals surface area contributed by atoms with E-state index in [1.807, 2.05) is 6.07 Å². The fraction of sp³-hybridized carbons (Fsp3) is 0.264. The highest BCUT2D eigenvalue weighted by Gasteiger charge is 2.27. The number of anilines is 2. The van der Waals surface area contributed by atoms with Crippen molar-refractivity contribution in [3.05, 3.63) is 93.5 Å². The minimum atomic E-state index is -4.94. The Balaban J connectivity index is 1.36. The number of thioether (sulfide) groups is 2. The standard InChI is InChI=1S/C53H51ClN14O19S7/c1-27-9-10-47(93(81,82)83)50-51(27)68-52(59-50)33(26-56)29(3)49(53(68)71)67-64-41-17-28(2)35(21-44(41)87-11-6-14-90(72,73)74)60-65-42-19-38(58-31(5)70)40(23-45(42)88-12-7-15-91(75,76)77)63-66-43-20-37(57-30(4)69)39(22-46(43)89-13-8-16-92(78,79)80)62-61-36-24-48(94(84,85)86)34(54)18-32(36)25-55/h9-10,17-24,71H,6-8,11-16H2,1-5H3,(H,57,69)(H,58,70)(H,72,73,74)(H,75,76,77)(H,78,79,80)(H,81,82,83)(H,84,85,86). The number of carbonyl (C=O) groups excluding carboxylic acids is 2. The summed E-state index contributed by atoms with van der Waals surface area (Å²) in [5.74, 6) is -4.13. The fourth-order valence-electron chi connectivity index (χ4n) is 8.53. The van der Waals surface area contributed by atoms with Crippen molar-refractivity contribution in [2.45, 2.75) is 73.5 Å². The maximum atomic E-state index is 12.9. The molecular formula is C53H51ClN14O19S7. The third-order valence-corrected chi connectivity index (χ3v) is 19.6. The molecule has 2 amide bonds. The number of aromatic hydroxyl groups is 1. The summed E-state index contributed by atoms with van der Waals surface area (Å²) in [6.07, 6.45) is -0.480. The smallest absolute Gasteiger partial charge is 0.296 e. The van der Waals surface area contributed by atoms with E-state index in [1.165, 1.54) is 49.4 Å². The predicted molar refractivity (Wildman–Crippen MR) is 344 cm³/mol. The van der Waals surface area contributed by atoms with E-state index in [2.05, 4.69) is 56.5 Å². The largest absolute Gasteiger partial charge is 0.493 e. The number of amides is 2. The first-order valence-electron chi connectivity index (χ1n) is 26.6. The Labute approximate surface area is 549 Å². The third-order valence-electron chi connectivity index (χ3n) is 12.7. The normalized spacial score (nSPS) is 12.6. The number of aromatic nitrogens is 2. The minimum Gasteiger partial charge on any atom is -0.493 e. The number of hydrogen-bond donors (Lipinski definition) is 8. The van der Waals surface area contributed by atoms with Gasteiger partial charge in [-0.15, -0.1) is 59.3 Å². The Bertz CT molecular complexity index is 5080. The number of carbonyl (C=O) groups is 2.